The fraction of sp³-hybridized carbons (Fsp3) is 0.375. The van der Waals surface area contributed by atoms with Gasteiger partial charge in [0.25, 0.3) is 0 Å². The van der Waals surface area contributed by atoms with Gasteiger partial charge in [-0.15, -0.1) is 10.2 Å². The van der Waals surface area contributed by atoms with Crippen molar-refractivity contribution in [2.45, 2.75) is 26.1 Å². The number of aromatic nitrogens is 2. The molecular formula is C16H16FN3OS. The second-order valence-electron chi connectivity index (χ2n) is 5.32. The minimum atomic E-state index is -0.259. The fourth-order valence-corrected chi connectivity index (χ4v) is 2.97. The van der Waals surface area contributed by atoms with Crippen LogP contribution in [0.3, 0.4) is 0 Å². The molecule has 0 aliphatic carbocycles. The van der Waals surface area contributed by atoms with E-state index in [1.807, 2.05) is 24.8 Å². The fourth-order valence-electron chi connectivity index (χ4n) is 2.57. The molecule has 0 bridgehead atoms. The number of morpholine rings is 1. The van der Waals surface area contributed by atoms with Crippen LogP contribution in [0.2, 0.25) is 0 Å². The molecule has 2 atom stereocenters. The molecule has 4 nitrogen and oxygen atoms in total. The molecule has 1 aliphatic heterocycles. The average molecular weight is 317 g/mol. The minimum Gasteiger partial charge on any atom is -0.372 e. The van der Waals surface area contributed by atoms with Crippen LogP contribution in [0.5, 0.6) is 0 Å². The van der Waals surface area contributed by atoms with Crippen molar-refractivity contribution in [1.82, 2.24) is 10.2 Å². The lowest BCUT2D eigenvalue weighted by atomic mass is 10.1. The first-order chi connectivity index (χ1) is 10.6. The van der Waals surface area contributed by atoms with E-state index in [1.54, 1.807) is 11.6 Å². The number of rotatable bonds is 1. The van der Waals surface area contributed by atoms with Gasteiger partial charge in [0.15, 0.2) is 5.01 Å². The second-order valence-corrected chi connectivity index (χ2v) is 6.16. The van der Waals surface area contributed by atoms with Crippen LogP contribution in [0.4, 0.5) is 10.1 Å². The Morgan fingerprint density at radius 1 is 1.27 bits per heavy atom. The summed E-state index contributed by atoms with van der Waals surface area (Å²) in [6, 6.07) is 5.08. The summed E-state index contributed by atoms with van der Waals surface area (Å²) < 4.78 is 20.1. The highest BCUT2D eigenvalue weighted by atomic mass is 32.1. The summed E-state index contributed by atoms with van der Waals surface area (Å²) in [6.07, 6.45) is 0.194. The monoisotopic (exact) mass is 317 g/mol. The molecule has 1 aliphatic rings. The van der Waals surface area contributed by atoms with Gasteiger partial charge in [-0.3, -0.25) is 0 Å². The van der Waals surface area contributed by atoms with Crippen LogP contribution in [-0.2, 0) is 4.74 Å². The highest BCUT2D eigenvalue weighted by molar-refractivity contribution is 7.09. The van der Waals surface area contributed by atoms with E-state index in [-0.39, 0.29) is 18.0 Å². The van der Waals surface area contributed by atoms with Crippen molar-refractivity contribution in [2.24, 2.45) is 0 Å². The molecule has 22 heavy (non-hydrogen) atoms. The Morgan fingerprint density at radius 3 is 2.68 bits per heavy atom. The summed E-state index contributed by atoms with van der Waals surface area (Å²) in [7, 11) is 0. The topological polar surface area (TPSA) is 38.2 Å². The highest BCUT2D eigenvalue weighted by Gasteiger charge is 2.24. The van der Waals surface area contributed by atoms with Crippen molar-refractivity contribution in [3.8, 4) is 11.8 Å². The van der Waals surface area contributed by atoms with Crippen LogP contribution in [0.25, 0.3) is 0 Å². The molecule has 0 radical (unpaired) electrons. The van der Waals surface area contributed by atoms with Crippen molar-refractivity contribution < 1.29 is 9.13 Å². The van der Waals surface area contributed by atoms with Crippen LogP contribution in [0, 0.1) is 17.7 Å². The summed E-state index contributed by atoms with van der Waals surface area (Å²) >= 11 is 1.36. The Kier molecular flexibility index (Phi) is 4.36. The van der Waals surface area contributed by atoms with E-state index in [2.05, 4.69) is 22.0 Å². The first-order valence-corrected chi connectivity index (χ1v) is 7.98. The Balaban J connectivity index is 1.80. The zero-order chi connectivity index (χ0) is 15.5. The van der Waals surface area contributed by atoms with E-state index < -0.39 is 0 Å². The van der Waals surface area contributed by atoms with Gasteiger partial charge >= 0.3 is 0 Å². The molecule has 6 heteroatoms. The van der Waals surface area contributed by atoms with Gasteiger partial charge in [-0.25, -0.2) is 4.39 Å². The standard InChI is InChI=1S/C16H16FN3OS/c1-11-8-20(9-12(2)21-11)15-5-3-13(7-14(15)17)4-6-16-19-18-10-22-16/h3,5,7,10-12H,8-9H2,1-2H3/t11-,12+. The van der Waals surface area contributed by atoms with E-state index in [0.29, 0.717) is 29.3 Å². The van der Waals surface area contributed by atoms with Crippen molar-refractivity contribution in [1.29, 1.82) is 0 Å². The number of ether oxygens (including phenoxy) is 1. The van der Waals surface area contributed by atoms with Crippen LogP contribution < -0.4 is 4.90 Å². The van der Waals surface area contributed by atoms with E-state index in [1.165, 1.54) is 17.4 Å². The van der Waals surface area contributed by atoms with Crippen molar-refractivity contribution in [3.63, 3.8) is 0 Å². The third-order valence-electron chi connectivity index (χ3n) is 3.38. The van der Waals surface area contributed by atoms with Crippen LogP contribution in [-0.4, -0.2) is 35.5 Å². The molecule has 2 heterocycles. The molecule has 0 amide bonds. The molecule has 3 rings (SSSR count). The Labute approximate surface area is 132 Å². The molecule has 1 fully saturated rings. The zero-order valence-corrected chi connectivity index (χ0v) is 13.2. The normalized spacial score (nSPS) is 21.3. The molecule has 1 saturated heterocycles. The summed E-state index contributed by atoms with van der Waals surface area (Å²) in [5.74, 6) is 5.53. The van der Waals surface area contributed by atoms with Gasteiger partial charge in [0, 0.05) is 18.7 Å². The molecular weight excluding hydrogens is 301 g/mol. The largest absolute Gasteiger partial charge is 0.372 e. The van der Waals surface area contributed by atoms with E-state index in [0.717, 1.165) is 0 Å². The Hall–Kier alpha value is -1.97. The van der Waals surface area contributed by atoms with Gasteiger partial charge in [0.2, 0.25) is 0 Å². The van der Waals surface area contributed by atoms with Gasteiger partial charge in [-0.05, 0) is 38.0 Å². The van der Waals surface area contributed by atoms with Crippen LogP contribution >= 0.6 is 11.3 Å². The van der Waals surface area contributed by atoms with Gasteiger partial charge in [-0.1, -0.05) is 17.3 Å². The maximum atomic E-state index is 14.4. The Bertz CT molecular complexity index is 698. The first kappa shape index (κ1) is 14.9. The molecule has 1 aromatic heterocycles. The molecule has 0 spiro atoms. The van der Waals surface area contributed by atoms with E-state index >= 15 is 0 Å². The smallest absolute Gasteiger partial charge is 0.191 e. The summed E-state index contributed by atoms with van der Waals surface area (Å²) in [4.78, 5) is 2.02. The lowest BCUT2D eigenvalue weighted by Crippen LogP contribution is -2.45. The third kappa shape index (κ3) is 3.43. The zero-order valence-electron chi connectivity index (χ0n) is 12.4. The third-order valence-corrected chi connectivity index (χ3v) is 3.99. The predicted octanol–water partition coefficient (Wildman–Crippen LogP) is 2.69. The number of hydrogen-bond acceptors (Lipinski definition) is 5. The lowest BCUT2D eigenvalue weighted by Gasteiger charge is -2.37. The number of nitrogens with zero attached hydrogens (tertiary/aromatic N) is 3. The minimum absolute atomic E-state index is 0.0972. The van der Waals surface area contributed by atoms with Gasteiger partial charge < -0.3 is 9.64 Å². The molecule has 1 aromatic carbocycles. The number of anilines is 1. The summed E-state index contributed by atoms with van der Waals surface area (Å²) in [6.45, 7) is 5.39. The molecule has 2 aromatic rings. The van der Waals surface area contributed by atoms with Crippen molar-refractivity contribution in [2.75, 3.05) is 18.0 Å². The van der Waals surface area contributed by atoms with Gasteiger partial charge in [0.1, 0.15) is 11.3 Å². The van der Waals surface area contributed by atoms with Gasteiger partial charge in [-0.2, -0.15) is 0 Å². The molecule has 114 valence electrons. The summed E-state index contributed by atoms with van der Waals surface area (Å²) in [5.41, 5.74) is 2.85. The first-order valence-electron chi connectivity index (χ1n) is 7.10. The number of benzene rings is 1. The lowest BCUT2D eigenvalue weighted by molar-refractivity contribution is -0.00539. The molecule has 0 N–H and O–H groups in total. The van der Waals surface area contributed by atoms with Crippen LogP contribution in [0.1, 0.15) is 24.4 Å². The number of halogens is 1. The quantitative estimate of drug-likeness (QED) is 0.758. The highest BCUT2D eigenvalue weighted by Crippen LogP contribution is 2.24. The van der Waals surface area contributed by atoms with Crippen molar-refractivity contribution >= 4 is 17.0 Å². The van der Waals surface area contributed by atoms with Gasteiger partial charge in [0.05, 0.1) is 17.9 Å². The summed E-state index contributed by atoms with van der Waals surface area (Å²) in [5, 5.41) is 8.18. The maximum absolute atomic E-state index is 14.4. The molecule has 0 unspecified atom stereocenters. The van der Waals surface area contributed by atoms with E-state index in [4.69, 9.17) is 4.74 Å². The molecule has 0 saturated carbocycles. The SMILES string of the molecule is C[C@@H]1CN(c2ccc(C#Cc3nncs3)cc2F)C[C@H](C)O1. The predicted molar refractivity (Wildman–Crippen MR) is 84.5 cm³/mol. The maximum Gasteiger partial charge on any atom is 0.191 e. The van der Waals surface area contributed by atoms with Crippen LogP contribution in [0.15, 0.2) is 23.7 Å². The number of hydrogen-bond donors (Lipinski definition) is 0. The van der Waals surface area contributed by atoms with Crippen molar-refractivity contribution in [3.05, 3.63) is 40.1 Å². The average Bonchev–Trinajstić information content (AvgIpc) is 2.97. The van der Waals surface area contributed by atoms with E-state index in [9.17, 15) is 4.39 Å². The Morgan fingerprint density at radius 2 is 2.05 bits per heavy atom. The second kappa shape index (κ2) is 6.42.